The molecule has 2 rings (SSSR count). The molecule has 0 unspecified atom stereocenters. The van der Waals surface area contributed by atoms with Gasteiger partial charge in [-0.2, -0.15) is 0 Å². The number of rotatable bonds is 4. The Morgan fingerprint density at radius 3 is 2.45 bits per heavy atom. The van der Waals surface area contributed by atoms with Crippen molar-refractivity contribution in [2.45, 2.75) is 39.0 Å². The van der Waals surface area contributed by atoms with Gasteiger partial charge in [-0.3, -0.25) is 4.79 Å². The van der Waals surface area contributed by atoms with Crippen LogP contribution < -0.4 is 0 Å². The van der Waals surface area contributed by atoms with Crippen LogP contribution in [0.5, 0.6) is 0 Å². The molecular weight excluding hydrogens is 246 g/mol. The van der Waals surface area contributed by atoms with E-state index < -0.39 is 0 Å². The fraction of sp³-hybridized carbons (Fsp3) is 0.500. The highest BCUT2D eigenvalue weighted by Gasteiger charge is 2.26. The molecule has 108 valence electrons. The third-order valence-electron chi connectivity index (χ3n) is 4.28. The van der Waals surface area contributed by atoms with Gasteiger partial charge in [-0.1, -0.05) is 50.3 Å². The molecule has 1 aromatic rings. The summed E-state index contributed by atoms with van der Waals surface area (Å²) < 4.78 is 0. The minimum Gasteiger partial charge on any atom is -0.343 e. The van der Waals surface area contributed by atoms with Crippen LogP contribution in [-0.4, -0.2) is 23.9 Å². The molecule has 1 fully saturated rings. The van der Waals surface area contributed by atoms with Crippen LogP contribution in [0.4, 0.5) is 0 Å². The van der Waals surface area contributed by atoms with E-state index in [0.717, 1.165) is 25.9 Å². The van der Waals surface area contributed by atoms with Crippen LogP contribution in [0, 0.1) is 5.41 Å². The molecule has 1 aliphatic rings. The summed E-state index contributed by atoms with van der Waals surface area (Å²) in [5, 5.41) is 0. The van der Waals surface area contributed by atoms with Gasteiger partial charge in [0.2, 0.25) is 5.91 Å². The Bertz CT molecular complexity index is 456. The highest BCUT2D eigenvalue weighted by atomic mass is 16.2. The number of piperidine rings is 1. The molecule has 0 N–H and O–H groups in total. The monoisotopic (exact) mass is 271 g/mol. The number of hydrogen-bond acceptors (Lipinski definition) is 1. The Labute approximate surface area is 122 Å². The van der Waals surface area contributed by atoms with Gasteiger partial charge in [0.1, 0.15) is 0 Å². The van der Waals surface area contributed by atoms with E-state index in [0.29, 0.717) is 12.3 Å². The summed E-state index contributed by atoms with van der Waals surface area (Å²) in [5.74, 6) is 0.870. The number of nitrogens with zero attached hydrogens (tertiary/aromatic N) is 1. The quantitative estimate of drug-likeness (QED) is 0.758. The van der Waals surface area contributed by atoms with E-state index >= 15 is 0 Å². The molecule has 0 aliphatic carbocycles. The number of carbonyl (C=O) groups excluding carboxylic acids is 1. The molecular formula is C18H25NO. The predicted molar refractivity (Wildman–Crippen MR) is 83.6 cm³/mol. The van der Waals surface area contributed by atoms with Crippen molar-refractivity contribution in [3.8, 4) is 0 Å². The van der Waals surface area contributed by atoms with E-state index in [1.54, 1.807) is 0 Å². The van der Waals surface area contributed by atoms with Crippen molar-refractivity contribution in [3.63, 3.8) is 0 Å². The lowest BCUT2D eigenvalue weighted by Crippen LogP contribution is -2.39. The molecule has 2 nitrogen and oxygen atoms in total. The summed E-state index contributed by atoms with van der Waals surface area (Å²) in [4.78, 5) is 14.3. The molecule has 1 aromatic carbocycles. The van der Waals surface area contributed by atoms with Gasteiger partial charge in [0.25, 0.3) is 0 Å². The summed E-state index contributed by atoms with van der Waals surface area (Å²) in [7, 11) is 0. The number of hydrogen-bond donors (Lipinski definition) is 0. The molecule has 0 radical (unpaired) electrons. The Kier molecular flexibility index (Phi) is 4.64. The summed E-state index contributed by atoms with van der Waals surface area (Å²) >= 11 is 0. The first kappa shape index (κ1) is 14.8. The first-order valence-electron chi connectivity index (χ1n) is 7.48. The Hall–Kier alpha value is -1.57. The molecule has 1 saturated heterocycles. The Morgan fingerprint density at radius 1 is 1.30 bits per heavy atom. The number of allylic oxidation sites excluding steroid dienone is 1. The first-order valence-corrected chi connectivity index (χ1v) is 7.48. The fourth-order valence-corrected chi connectivity index (χ4v) is 2.76. The molecule has 1 amide bonds. The van der Waals surface area contributed by atoms with E-state index in [1.165, 1.54) is 5.56 Å². The summed E-state index contributed by atoms with van der Waals surface area (Å²) in [6.07, 6.45) is 4.59. The van der Waals surface area contributed by atoms with Gasteiger partial charge in [0.15, 0.2) is 0 Å². The minimum absolute atomic E-state index is 0.104. The lowest BCUT2D eigenvalue weighted by Gasteiger charge is -2.34. The maximum absolute atomic E-state index is 12.3. The van der Waals surface area contributed by atoms with Gasteiger partial charge < -0.3 is 4.90 Å². The molecule has 0 aromatic heterocycles. The van der Waals surface area contributed by atoms with E-state index in [2.05, 4.69) is 50.8 Å². The summed E-state index contributed by atoms with van der Waals surface area (Å²) in [6.45, 7) is 9.70. The normalized spacial score (nSPS) is 17.0. The second-order valence-corrected chi connectivity index (χ2v) is 6.44. The molecule has 20 heavy (non-hydrogen) atoms. The second-order valence-electron chi connectivity index (χ2n) is 6.44. The van der Waals surface area contributed by atoms with Gasteiger partial charge in [-0.15, -0.1) is 6.58 Å². The standard InChI is InChI=1S/C18H25NO/c1-4-18(2,3)14-17(20)19-12-10-16(11-13-19)15-8-6-5-7-9-15/h4-9,16H,1,10-14H2,2-3H3. The third kappa shape index (κ3) is 3.72. The molecule has 1 aliphatic heterocycles. The molecule has 1 heterocycles. The van der Waals surface area contributed by atoms with Crippen LogP contribution in [0.15, 0.2) is 43.0 Å². The van der Waals surface area contributed by atoms with E-state index in [4.69, 9.17) is 0 Å². The lowest BCUT2D eigenvalue weighted by molar-refractivity contribution is -0.133. The van der Waals surface area contributed by atoms with E-state index in [9.17, 15) is 4.79 Å². The van der Waals surface area contributed by atoms with E-state index in [-0.39, 0.29) is 11.3 Å². The molecule has 2 heteroatoms. The number of amides is 1. The number of benzene rings is 1. The topological polar surface area (TPSA) is 20.3 Å². The average molecular weight is 271 g/mol. The fourth-order valence-electron chi connectivity index (χ4n) is 2.76. The van der Waals surface area contributed by atoms with Crippen LogP contribution in [0.25, 0.3) is 0 Å². The zero-order valence-electron chi connectivity index (χ0n) is 12.6. The van der Waals surface area contributed by atoms with Crippen LogP contribution in [-0.2, 0) is 4.79 Å². The minimum atomic E-state index is -0.104. The largest absolute Gasteiger partial charge is 0.343 e. The zero-order chi connectivity index (χ0) is 14.6. The number of carbonyl (C=O) groups is 1. The van der Waals surface area contributed by atoms with Crippen LogP contribution in [0.1, 0.15) is 44.6 Å². The second kappa shape index (κ2) is 6.25. The zero-order valence-corrected chi connectivity index (χ0v) is 12.6. The van der Waals surface area contributed by atoms with Gasteiger partial charge in [-0.05, 0) is 29.7 Å². The smallest absolute Gasteiger partial charge is 0.223 e. The number of likely N-dealkylation sites (tertiary alicyclic amines) is 1. The summed E-state index contributed by atoms with van der Waals surface area (Å²) in [5.41, 5.74) is 1.30. The molecule has 0 atom stereocenters. The van der Waals surface area contributed by atoms with Crippen LogP contribution in [0.2, 0.25) is 0 Å². The Balaban J connectivity index is 1.88. The maximum Gasteiger partial charge on any atom is 0.223 e. The molecule has 0 bridgehead atoms. The highest BCUT2D eigenvalue weighted by Crippen LogP contribution is 2.29. The van der Waals surface area contributed by atoms with Crippen LogP contribution in [0.3, 0.4) is 0 Å². The SMILES string of the molecule is C=CC(C)(C)CC(=O)N1CCC(c2ccccc2)CC1. The molecule has 0 spiro atoms. The van der Waals surface area contributed by atoms with Crippen molar-refractivity contribution >= 4 is 5.91 Å². The van der Waals surface area contributed by atoms with Gasteiger partial charge in [0.05, 0.1) is 0 Å². The van der Waals surface area contributed by atoms with Gasteiger partial charge >= 0.3 is 0 Å². The van der Waals surface area contributed by atoms with Gasteiger partial charge in [-0.25, -0.2) is 0 Å². The van der Waals surface area contributed by atoms with Crippen LogP contribution >= 0.6 is 0 Å². The van der Waals surface area contributed by atoms with Crippen molar-refractivity contribution in [2.75, 3.05) is 13.1 Å². The predicted octanol–water partition coefficient (Wildman–Crippen LogP) is 3.99. The summed E-state index contributed by atoms with van der Waals surface area (Å²) in [6, 6.07) is 10.6. The first-order chi connectivity index (χ1) is 9.52. The lowest BCUT2D eigenvalue weighted by atomic mass is 9.87. The molecule has 0 saturated carbocycles. The van der Waals surface area contributed by atoms with Crippen molar-refractivity contribution in [2.24, 2.45) is 5.41 Å². The van der Waals surface area contributed by atoms with Crippen molar-refractivity contribution in [3.05, 3.63) is 48.6 Å². The van der Waals surface area contributed by atoms with E-state index in [1.807, 2.05) is 11.0 Å². The Morgan fingerprint density at radius 2 is 1.90 bits per heavy atom. The van der Waals surface area contributed by atoms with Crippen molar-refractivity contribution in [1.29, 1.82) is 0 Å². The third-order valence-corrected chi connectivity index (χ3v) is 4.28. The van der Waals surface area contributed by atoms with Crippen molar-refractivity contribution < 1.29 is 4.79 Å². The van der Waals surface area contributed by atoms with Crippen molar-refractivity contribution in [1.82, 2.24) is 4.90 Å². The highest BCUT2D eigenvalue weighted by molar-refractivity contribution is 5.77. The average Bonchev–Trinajstić information content (AvgIpc) is 2.48. The van der Waals surface area contributed by atoms with Gasteiger partial charge in [0, 0.05) is 19.5 Å². The maximum atomic E-state index is 12.3.